The number of halogens is 1. The molecule has 2 fully saturated rings. The van der Waals surface area contributed by atoms with E-state index in [4.69, 9.17) is 4.74 Å². The van der Waals surface area contributed by atoms with Gasteiger partial charge >= 0.3 is 0 Å². The third kappa shape index (κ3) is 6.74. The fraction of sp³-hybridized carbons (Fsp3) is 0.538. The molecule has 0 spiro atoms. The highest BCUT2D eigenvalue weighted by atomic mass is 19.1. The van der Waals surface area contributed by atoms with Crippen LogP contribution in [0.4, 0.5) is 4.39 Å². The summed E-state index contributed by atoms with van der Waals surface area (Å²) in [5.74, 6) is 0.678. The number of carbonyl (C=O) groups excluding carboxylic acids is 1. The molecule has 2 aliphatic rings. The van der Waals surface area contributed by atoms with Crippen LogP contribution in [0.2, 0.25) is 0 Å². The number of likely N-dealkylation sites (tertiary alicyclic amines) is 2. The zero-order valence-electron chi connectivity index (χ0n) is 19.3. The van der Waals surface area contributed by atoms with E-state index in [2.05, 4.69) is 26.2 Å². The molecular formula is C26H35FN4O2. The number of aromatic nitrogens is 1. The number of ether oxygens (including phenoxy) is 1. The fourth-order valence-electron chi connectivity index (χ4n) is 4.93. The fourth-order valence-corrected chi connectivity index (χ4v) is 4.93. The molecule has 1 amide bonds. The molecule has 0 bridgehead atoms. The predicted octanol–water partition coefficient (Wildman–Crippen LogP) is 3.80. The van der Waals surface area contributed by atoms with Crippen molar-refractivity contribution in [3.63, 3.8) is 0 Å². The van der Waals surface area contributed by atoms with Gasteiger partial charge < -0.3 is 15.0 Å². The van der Waals surface area contributed by atoms with Crippen LogP contribution in [-0.4, -0.2) is 66.1 Å². The Bertz CT molecular complexity index is 858. The largest absolute Gasteiger partial charge is 0.492 e. The maximum atomic E-state index is 13.0. The predicted molar refractivity (Wildman–Crippen MR) is 127 cm³/mol. The lowest BCUT2D eigenvalue weighted by atomic mass is 10.0. The first-order valence-electron chi connectivity index (χ1n) is 12.2. The molecule has 1 aromatic heterocycles. The van der Waals surface area contributed by atoms with Crippen LogP contribution >= 0.6 is 0 Å². The van der Waals surface area contributed by atoms with Gasteiger partial charge in [-0.15, -0.1) is 0 Å². The molecule has 0 radical (unpaired) electrons. The minimum atomic E-state index is -0.262. The SMILES string of the molecule is O=C1CC[C@@H](CCNCCOc2ccc(F)cc2)N1C[C@@H](c1cccnc1)N1CCCCC1. The van der Waals surface area contributed by atoms with Crippen molar-refractivity contribution in [2.45, 2.75) is 50.6 Å². The Morgan fingerprint density at radius 3 is 2.70 bits per heavy atom. The molecule has 7 heteroatoms. The number of nitrogens with one attached hydrogen (secondary N) is 1. The Hall–Kier alpha value is -2.51. The van der Waals surface area contributed by atoms with E-state index in [1.165, 1.54) is 37.0 Å². The summed E-state index contributed by atoms with van der Waals surface area (Å²) in [6.07, 6.45) is 9.99. The first-order chi connectivity index (χ1) is 16.2. The van der Waals surface area contributed by atoms with Gasteiger partial charge in [0.05, 0.1) is 6.04 Å². The summed E-state index contributed by atoms with van der Waals surface area (Å²) in [7, 11) is 0. The Morgan fingerprint density at radius 2 is 1.94 bits per heavy atom. The smallest absolute Gasteiger partial charge is 0.222 e. The van der Waals surface area contributed by atoms with E-state index in [1.54, 1.807) is 12.1 Å². The second kappa shape index (κ2) is 12.1. The summed E-state index contributed by atoms with van der Waals surface area (Å²) >= 11 is 0. The molecule has 1 aromatic carbocycles. The number of pyridine rings is 1. The van der Waals surface area contributed by atoms with Crippen LogP contribution < -0.4 is 10.1 Å². The molecule has 4 rings (SSSR count). The summed E-state index contributed by atoms with van der Waals surface area (Å²) in [6, 6.07) is 10.7. The third-order valence-electron chi connectivity index (χ3n) is 6.74. The van der Waals surface area contributed by atoms with E-state index in [-0.39, 0.29) is 23.8 Å². The number of hydrogen-bond acceptors (Lipinski definition) is 5. The van der Waals surface area contributed by atoms with Gasteiger partial charge in [0.15, 0.2) is 0 Å². The van der Waals surface area contributed by atoms with Crippen LogP contribution in [0.5, 0.6) is 5.75 Å². The Morgan fingerprint density at radius 1 is 1.12 bits per heavy atom. The zero-order valence-corrected chi connectivity index (χ0v) is 19.3. The maximum Gasteiger partial charge on any atom is 0.222 e. The minimum absolute atomic E-state index is 0.209. The number of nitrogens with zero attached hydrogens (tertiary/aromatic N) is 3. The van der Waals surface area contributed by atoms with Crippen molar-refractivity contribution in [3.05, 3.63) is 60.2 Å². The topological polar surface area (TPSA) is 57.7 Å². The number of piperidine rings is 1. The first-order valence-corrected chi connectivity index (χ1v) is 12.2. The highest BCUT2D eigenvalue weighted by molar-refractivity contribution is 5.78. The molecule has 1 N–H and O–H groups in total. The summed E-state index contributed by atoms with van der Waals surface area (Å²) < 4.78 is 18.6. The molecule has 3 heterocycles. The van der Waals surface area contributed by atoms with Gasteiger partial charge in [-0.1, -0.05) is 12.5 Å². The highest BCUT2D eigenvalue weighted by Crippen LogP contribution is 2.29. The van der Waals surface area contributed by atoms with Crippen LogP contribution in [0, 0.1) is 5.82 Å². The lowest BCUT2D eigenvalue weighted by molar-refractivity contribution is -0.130. The van der Waals surface area contributed by atoms with Gasteiger partial charge in [-0.3, -0.25) is 14.7 Å². The van der Waals surface area contributed by atoms with Crippen molar-refractivity contribution in [2.75, 3.05) is 39.3 Å². The second-order valence-corrected chi connectivity index (χ2v) is 8.98. The van der Waals surface area contributed by atoms with Crippen LogP contribution in [0.1, 0.15) is 50.1 Å². The Balaban J connectivity index is 1.27. The normalized spacial score (nSPS) is 20.2. The van der Waals surface area contributed by atoms with Gasteiger partial charge in [-0.05, 0) is 81.2 Å². The molecular weight excluding hydrogens is 419 g/mol. The maximum absolute atomic E-state index is 13.0. The molecule has 6 nitrogen and oxygen atoms in total. The molecule has 2 aliphatic heterocycles. The summed E-state index contributed by atoms with van der Waals surface area (Å²) in [5.41, 5.74) is 1.20. The molecule has 2 aromatic rings. The number of carbonyl (C=O) groups is 1. The van der Waals surface area contributed by atoms with E-state index in [0.29, 0.717) is 25.3 Å². The van der Waals surface area contributed by atoms with Gasteiger partial charge in [-0.25, -0.2) is 4.39 Å². The van der Waals surface area contributed by atoms with E-state index in [1.807, 2.05) is 18.5 Å². The molecule has 0 unspecified atom stereocenters. The average Bonchev–Trinajstić information content (AvgIpc) is 3.20. The number of amides is 1. The van der Waals surface area contributed by atoms with Gasteiger partial charge in [0, 0.05) is 37.9 Å². The van der Waals surface area contributed by atoms with Crippen molar-refractivity contribution >= 4 is 5.91 Å². The number of rotatable bonds is 11. The third-order valence-corrected chi connectivity index (χ3v) is 6.74. The number of benzene rings is 1. The van der Waals surface area contributed by atoms with Crippen molar-refractivity contribution < 1.29 is 13.9 Å². The molecule has 2 saturated heterocycles. The van der Waals surface area contributed by atoms with E-state index in [0.717, 1.165) is 39.0 Å². The standard InChI is InChI=1S/C26H35FN4O2/c27-22-6-9-24(10-7-22)33-18-15-28-14-12-23-8-11-26(32)31(23)20-25(21-5-4-13-29-19-21)30-16-2-1-3-17-30/h4-7,9-10,13,19,23,25,28H,1-3,8,11-12,14-18,20H2/t23-,25-/m0/s1. The molecule has 2 atom stereocenters. The highest BCUT2D eigenvalue weighted by Gasteiger charge is 2.34. The van der Waals surface area contributed by atoms with Gasteiger partial charge in [0.25, 0.3) is 0 Å². The van der Waals surface area contributed by atoms with Crippen molar-refractivity contribution in [1.82, 2.24) is 20.1 Å². The van der Waals surface area contributed by atoms with Gasteiger partial charge in [-0.2, -0.15) is 0 Å². The zero-order chi connectivity index (χ0) is 22.9. The molecule has 33 heavy (non-hydrogen) atoms. The Kier molecular flexibility index (Phi) is 8.66. The van der Waals surface area contributed by atoms with E-state index < -0.39 is 0 Å². The van der Waals surface area contributed by atoms with Crippen molar-refractivity contribution in [3.8, 4) is 5.75 Å². The van der Waals surface area contributed by atoms with Crippen LogP contribution in [0.15, 0.2) is 48.8 Å². The van der Waals surface area contributed by atoms with Gasteiger partial charge in [0.1, 0.15) is 18.2 Å². The minimum Gasteiger partial charge on any atom is -0.492 e. The molecule has 178 valence electrons. The number of hydrogen-bond donors (Lipinski definition) is 1. The van der Waals surface area contributed by atoms with Crippen LogP contribution in [0.25, 0.3) is 0 Å². The second-order valence-electron chi connectivity index (χ2n) is 8.98. The lowest BCUT2D eigenvalue weighted by Crippen LogP contribution is -2.44. The van der Waals surface area contributed by atoms with E-state index >= 15 is 0 Å². The summed E-state index contributed by atoms with van der Waals surface area (Å²) in [6.45, 7) is 4.98. The lowest BCUT2D eigenvalue weighted by Gasteiger charge is -2.38. The average molecular weight is 455 g/mol. The summed E-state index contributed by atoms with van der Waals surface area (Å²) in [4.78, 5) is 21.8. The van der Waals surface area contributed by atoms with Gasteiger partial charge in [0.2, 0.25) is 5.91 Å². The van der Waals surface area contributed by atoms with Crippen molar-refractivity contribution in [2.24, 2.45) is 0 Å². The molecule has 0 saturated carbocycles. The Labute approximate surface area is 196 Å². The summed E-state index contributed by atoms with van der Waals surface area (Å²) in [5, 5.41) is 3.42. The van der Waals surface area contributed by atoms with Crippen molar-refractivity contribution in [1.29, 1.82) is 0 Å². The molecule has 0 aliphatic carbocycles. The van der Waals surface area contributed by atoms with Crippen LogP contribution in [-0.2, 0) is 4.79 Å². The van der Waals surface area contributed by atoms with Crippen LogP contribution in [0.3, 0.4) is 0 Å². The quantitative estimate of drug-likeness (QED) is 0.524. The first kappa shape index (κ1) is 23.6. The van der Waals surface area contributed by atoms with E-state index in [9.17, 15) is 9.18 Å². The monoisotopic (exact) mass is 454 g/mol.